The van der Waals surface area contributed by atoms with E-state index in [0.717, 1.165) is 44.6 Å². The van der Waals surface area contributed by atoms with E-state index in [1.165, 1.54) is 4.68 Å². The van der Waals surface area contributed by atoms with E-state index >= 15 is 0 Å². The summed E-state index contributed by atoms with van der Waals surface area (Å²) in [5.74, 6) is 1.15. The van der Waals surface area contributed by atoms with Crippen molar-refractivity contribution in [3.05, 3.63) is 33.8 Å². The average Bonchev–Trinajstić information content (AvgIpc) is 2.57. The van der Waals surface area contributed by atoms with Crippen LogP contribution in [0.15, 0.2) is 28.3 Å². The summed E-state index contributed by atoms with van der Waals surface area (Å²) in [6.45, 7) is 1.91. The molecule has 1 unspecified atom stereocenters. The van der Waals surface area contributed by atoms with Gasteiger partial charge in [-0.05, 0) is 19.3 Å². The fourth-order valence-electron chi connectivity index (χ4n) is 2.89. The molecule has 0 amide bonds. The molecule has 3 heterocycles. The maximum Gasteiger partial charge on any atom is 0.287 e. The second-order valence-electron chi connectivity index (χ2n) is 5.70. The van der Waals surface area contributed by atoms with Gasteiger partial charge in [0.15, 0.2) is 0 Å². The van der Waals surface area contributed by atoms with Crippen LogP contribution in [0.1, 0.15) is 25.7 Å². The summed E-state index contributed by atoms with van der Waals surface area (Å²) >= 11 is 6.12. The highest BCUT2D eigenvalue weighted by Crippen LogP contribution is 2.21. The number of nitrogens with zero attached hydrogens (tertiary/aromatic N) is 4. The first kappa shape index (κ1) is 15.1. The van der Waals surface area contributed by atoms with Crippen LogP contribution in [0.25, 0.3) is 0 Å². The molecule has 1 atom stereocenters. The second kappa shape index (κ2) is 6.52. The molecule has 0 aromatic carbocycles. The van der Waals surface area contributed by atoms with Crippen molar-refractivity contribution in [3.8, 4) is 0 Å². The number of piperidine rings is 1. The maximum absolute atomic E-state index is 11.8. The first-order valence-corrected chi connectivity index (χ1v) is 7.98. The predicted octanol–water partition coefficient (Wildman–Crippen LogP) is 2.02. The third-order valence-electron chi connectivity index (χ3n) is 4.09. The second-order valence-corrected chi connectivity index (χ2v) is 6.08. The lowest BCUT2D eigenvalue weighted by Crippen LogP contribution is -2.45. The van der Waals surface area contributed by atoms with Crippen molar-refractivity contribution >= 4 is 23.1 Å². The number of anilines is 1. The number of aliphatic imine (C=N–C) groups is 1. The number of allylic oxidation sites excluding steroid dienone is 1. The molecule has 1 aromatic heterocycles. The molecule has 1 N–H and O–H groups in total. The van der Waals surface area contributed by atoms with E-state index in [1.807, 2.05) is 6.20 Å². The molecule has 1 aromatic rings. The average molecular weight is 322 g/mol. The van der Waals surface area contributed by atoms with Gasteiger partial charge in [-0.2, -0.15) is 5.10 Å². The molecule has 0 saturated carbocycles. The van der Waals surface area contributed by atoms with E-state index in [2.05, 4.69) is 26.4 Å². The number of rotatable bonds is 2. The molecule has 1 fully saturated rings. The number of hydrogen-bond acceptors (Lipinski definition) is 5. The van der Waals surface area contributed by atoms with Crippen molar-refractivity contribution in [2.45, 2.75) is 31.7 Å². The predicted molar refractivity (Wildman–Crippen MR) is 88.5 cm³/mol. The van der Waals surface area contributed by atoms with E-state index in [0.29, 0.717) is 5.69 Å². The summed E-state index contributed by atoms with van der Waals surface area (Å²) in [6, 6.07) is 0.244. The number of aromatic nitrogens is 2. The minimum Gasteiger partial charge on any atom is -0.378 e. The van der Waals surface area contributed by atoms with Crippen LogP contribution < -0.4 is 10.9 Å². The van der Waals surface area contributed by atoms with E-state index in [1.54, 1.807) is 13.2 Å². The Bertz CT molecular complexity index is 666. The van der Waals surface area contributed by atoms with Crippen molar-refractivity contribution in [3.63, 3.8) is 0 Å². The number of nitrogens with one attached hydrogen (secondary N) is 1. The van der Waals surface area contributed by atoms with Crippen LogP contribution >= 0.6 is 11.6 Å². The van der Waals surface area contributed by atoms with Gasteiger partial charge in [0.2, 0.25) is 0 Å². The summed E-state index contributed by atoms with van der Waals surface area (Å²) in [7, 11) is 1.59. The molecule has 0 aliphatic carbocycles. The Balaban J connectivity index is 1.70. The monoisotopic (exact) mass is 321 g/mol. The molecule has 2 aliphatic heterocycles. The van der Waals surface area contributed by atoms with Crippen LogP contribution in [0.5, 0.6) is 0 Å². The van der Waals surface area contributed by atoms with Crippen molar-refractivity contribution in [1.82, 2.24) is 14.7 Å². The summed E-state index contributed by atoms with van der Waals surface area (Å²) in [5.41, 5.74) is 0.336. The fourth-order valence-corrected chi connectivity index (χ4v) is 3.12. The highest BCUT2D eigenvalue weighted by atomic mass is 35.5. The zero-order chi connectivity index (χ0) is 15.5. The lowest BCUT2D eigenvalue weighted by Gasteiger charge is -2.36. The van der Waals surface area contributed by atoms with Crippen molar-refractivity contribution in [1.29, 1.82) is 0 Å². The quantitative estimate of drug-likeness (QED) is 0.905. The Kier molecular flexibility index (Phi) is 4.47. The molecule has 2 aliphatic rings. The van der Waals surface area contributed by atoms with Gasteiger partial charge in [-0.25, -0.2) is 9.67 Å². The normalized spacial score (nSPS) is 21.6. The molecular weight excluding hydrogens is 302 g/mol. The van der Waals surface area contributed by atoms with E-state index < -0.39 is 0 Å². The minimum absolute atomic E-state index is 0.201. The van der Waals surface area contributed by atoms with Gasteiger partial charge in [-0.1, -0.05) is 17.7 Å². The maximum atomic E-state index is 11.8. The number of aryl methyl sites for hydroxylation is 1. The Morgan fingerprint density at radius 3 is 3.09 bits per heavy atom. The standard InChI is InChI=1S/C15H20ClN5O/c1-20-15(22)14(16)12(9-18-20)19-11-5-4-8-21(10-11)13-6-2-3-7-17-13/h3,7,9,11,19H,2,4-6,8,10H2,1H3. The van der Waals surface area contributed by atoms with Crippen LogP contribution in [-0.2, 0) is 7.05 Å². The largest absolute Gasteiger partial charge is 0.378 e. The molecule has 118 valence electrons. The van der Waals surface area contributed by atoms with Crippen molar-refractivity contribution < 1.29 is 0 Å². The number of likely N-dealkylation sites (tertiary alicyclic amines) is 1. The summed E-state index contributed by atoms with van der Waals surface area (Å²) < 4.78 is 1.24. The fraction of sp³-hybridized carbons (Fsp3) is 0.533. The molecule has 7 heteroatoms. The Hall–Kier alpha value is -1.82. The highest BCUT2D eigenvalue weighted by Gasteiger charge is 2.23. The molecular formula is C15H20ClN5O. The van der Waals surface area contributed by atoms with Crippen LogP contribution in [0.2, 0.25) is 5.02 Å². The molecule has 22 heavy (non-hydrogen) atoms. The molecule has 3 rings (SSSR count). The van der Waals surface area contributed by atoms with Gasteiger partial charge in [0.25, 0.3) is 5.56 Å². The van der Waals surface area contributed by atoms with Crippen molar-refractivity contribution in [2.24, 2.45) is 12.0 Å². The number of amidine groups is 1. The van der Waals surface area contributed by atoms with E-state index in [9.17, 15) is 4.79 Å². The summed E-state index contributed by atoms with van der Waals surface area (Å²) in [5, 5.41) is 7.59. The minimum atomic E-state index is -0.277. The lowest BCUT2D eigenvalue weighted by atomic mass is 10.0. The van der Waals surface area contributed by atoms with Crippen LogP contribution in [-0.4, -0.2) is 39.6 Å². The molecule has 0 radical (unpaired) electrons. The topological polar surface area (TPSA) is 62.5 Å². The number of halogens is 1. The lowest BCUT2D eigenvalue weighted by molar-refractivity contribution is 0.315. The van der Waals surface area contributed by atoms with Crippen LogP contribution in [0.4, 0.5) is 5.69 Å². The van der Waals surface area contributed by atoms with Crippen LogP contribution in [0.3, 0.4) is 0 Å². The van der Waals surface area contributed by atoms with Gasteiger partial charge in [0.1, 0.15) is 10.9 Å². The zero-order valence-corrected chi connectivity index (χ0v) is 13.4. The smallest absolute Gasteiger partial charge is 0.287 e. The van der Waals surface area contributed by atoms with Gasteiger partial charge in [0, 0.05) is 38.8 Å². The van der Waals surface area contributed by atoms with Gasteiger partial charge in [0.05, 0.1) is 11.9 Å². The third-order valence-corrected chi connectivity index (χ3v) is 4.45. The Morgan fingerprint density at radius 1 is 1.45 bits per heavy atom. The zero-order valence-electron chi connectivity index (χ0n) is 12.6. The molecule has 6 nitrogen and oxygen atoms in total. The summed E-state index contributed by atoms with van der Waals surface area (Å²) in [4.78, 5) is 18.6. The third kappa shape index (κ3) is 3.16. The Morgan fingerprint density at radius 2 is 2.32 bits per heavy atom. The van der Waals surface area contributed by atoms with E-state index in [4.69, 9.17) is 11.6 Å². The molecule has 1 saturated heterocycles. The first-order valence-electron chi connectivity index (χ1n) is 7.60. The van der Waals surface area contributed by atoms with Gasteiger partial charge in [-0.3, -0.25) is 4.79 Å². The van der Waals surface area contributed by atoms with Crippen molar-refractivity contribution in [2.75, 3.05) is 18.4 Å². The Labute approximate surface area is 134 Å². The highest BCUT2D eigenvalue weighted by molar-refractivity contribution is 6.32. The molecule has 0 bridgehead atoms. The van der Waals surface area contributed by atoms with Gasteiger partial charge in [-0.15, -0.1) is 0 Å². The molecule has 0 spiro atoms. The van der Waals surface area contributed by atoms with Gasteiger partial charge >= 0.3 is 0 Å². The summed E-state index contributed by atoms with van der Waals surface area (Å²) in [6.07, 6.45) is 9.78. The van der Waals surface area contributed by atoms with Gasteiger partial charge < -0.3 is 10.2 Å². The van der Waals surface area contributed by atoms with Crippen LogP contribution in [0, 0.1) is 0 Å². The number of hydrogen-bond donors (Lipinski definition) is 1. The van der Waals surface area contributed by atoms with E-state index in [-0.39, 0.29) is 16.6 Å². The SMILES string of the molecule is Cn1ncc(NC2CCCN(C3=NC=CCC3)C2)c(Cl)c1=O. The first-order chi connectivity index (χ1) is 10.6.